The van der Waals surface area contributed by atoms with Crippen LogP contribution in [0.2, 0.25) is 0 Å². The van der Waals surface area contributed by atoms with Crippen LogP contribution in [0.3, 0.4) is 0 Å². The van der Waals surface area contributed by atoms with Crippen LogP contribution >= 0.6 is 0 Å². The molecule has 24 heavy (non-hydrogen) atoms. The van der Waals surface area contributed by atoms with Crippen LogP contribution in [-0.4, -0.2) is 30.4 Å². The van der Waals surface area contributed by atoms with E-state index in [0.29, 0.717) is 25.1 Å². The Morgan fingerprint density at radius 2 is 2.29 bits per heavy atom. The molecule has 0 aliphatic carbocycles. The van der Waals surface area contributed by atoms with Gasteiger partial charge in [0.15, 0.2) is 0 Å². The highest BCUT2D eigenvalue weighted by Gasteiger charge is 2.52. The summed E-state index contributed by atoms with van der Waals surface area (Å²) in [5.74, 6) is 0.332. The smallest absolute Gasteiger partial charge is 0.419 e. The lowest BCUT2D eigenvalue weighted by Crippen LogP contribution is -2.66. The molecule has 2 aliphatic rings. The topological polar surface area (TPSA) is 77.8 Å². The van der Waals surface area contributed by atoms with Gasteiger partial charge in [0.1, 0.15) is 5.84 Å². The molecule has 2 heterocycles. The van der Waals surface area contributed by atoms with Crippen LogP contribution in [0.25, 0.3) is 0 Å². The van der Waals surface area contributed by atoms with Crippen molar-refractivity contribution in [2.24, 2.45) is 4.99 Å². The minimum Gasteiger partial charge on any atom is -0.421 e. The quantitative estimate of drug-likeness (QED) is 0.643. The van der Waals surface area contributed by atoms with Gasteiger partial charge in [-0.1, -0.05) is 19.9 Å². The number of carbonyl (C=O) groups is 1. The van der Waals surface area contributed by atoms with Crippen molar-refractivity contribution in [1.82, 2.24) is 5.32 Å². The minimum atomic E-state index is -0.690. The first kappa shape index (κ1) is 16.6. The van der Waals surface area contributed by atoms with Gasteiger partial charge in [-0.3, -0.25) is 5.41 Å². The summed E-state index contributed by atoms with van der Waals surface area (Å²) in [6, 6.07) is 6.19. The van der Waals surface area contributed by atoms with Crippen molar-refractivity contribution in [1.29, 1.82) is 5.41 Å². The van der Waals surface area contributed by atoms with E-state index in [1.807, 2.05) is 19.9 Å². The molecule has 0 spiro atoms. The molecule has 128 valence electrons. The number of hydrogen-bond acceptors (Lipinski definition) is 4. The molecule has 0 bridgehead atoms. The first-order valence-corrected chi connectivity index (χ1v) is 8.55. The van der Waals surface area contributed by atoms with Gasteiger partial charge in [0.25, 0.3) is 0 Å². The summed E-state index contributed by atoms with van der Waals surface area (Å²) in [5, 5.41) is 11.0. The first-order valence-electron chi connectivity index (χ1n) is 8.55. The fourth-order valence-electron chi connectivity index (χ4n) is 3.23. The Morgan fingerprint density at radius 1 is 1.46 bits per heavy atom. The zero-order valence-electron chi connectivity index (χ0n) is 14.3. The zero-order chi connectivity index (χ0) is 17.2. The largest absolute Gasteiger partial charge is 0.421 e. The average Bonchev–Trinajstić information content (AvgIpc) is 2.60. The van der Waals surface area contributed by atoms with E-state index in [-0.39, 0.29) is 6.09 Å². The van der Waals surface area contributed by atoms with Gasteiger partial charge in [-0.05, 0) is 36.2 Å². The Morgan fingerprint density at radius 3 is 3.00 bits per heavy atom. The van der Waals surface area contributed by atoms with Gasteiger partial charge in [-0.15, -0.1) is 0 Å². The lowest BCUT2D eigenvalue weighted by atomic mass is 9.97. The highest BCUT2D eigenvalue weighted by Crippen LogP contribution is 2.40. The van der Waals surface area contributed by atoms with Crippen molar-refractivity contribution < 1.29 is 9.53 Å². The zero-order valence-corrected chi connectivity index (χ0v) is 14.3. The van der Waals surface area contributed by atoms with Gasteiger partial charge >= 0.3 is 6.09 Å². The van der Waals surface area contributed by atoms with Crippen LogP contribution in [0.15, 0.2) is 23.2 Å². The highest BCUT2D eigenvalue weighted by atomic mass is 16.6. The number of carbonyl (C=O) groups excluding carboxylic acids is 1. The number of nitrogens with one attached hydrogen (secondary N) is 2. The minimum absolute atomic E-state index is 0.320. The van der Waals surface area contributed by atoms with E-state index >= 15 is 0 Å². The van der Waals surface area contributed by atoms with Crippen LogP contribution in [0.4, 0.5) is 10.5 Å². The Balaban J connectivity index is 1.83. The van der Waals surface area contributed by atoms with Crippen LogP contribution in [0.1, 0.15) is 44.2 Å². The normalized spacial score (nSPS) is 22.9. The molecule has 6 nitrogen and oxygen atoms in total. The highest BCUT2D eigenvalue weighted by molar-refractivity contribution is 5.96. The molecule has 1 amide bonds. The second kappa shape index (κ2) is 6.73. The van der Waals surface area contributed by atoms with Crippen LogP contribution in [0.5, 0.6) is 0 Å². The maximum absolute atomic E-state index is 12.1. The molecule has 2 N–H and O–H groups in total. The number of anilines is 1. The third kappa shape index (κ3) is 2.94. The molecule has 1 aromatic carbocycles. The number of benzene rings is 1. The van der Waals surface area contributed by atoms with Crippen LogP contribution in [-0.2, 0) is 17.7 Å². The van der Waals surface area contributed by atoms with Crippen molar-refractivity contribution >= 4 is 23.8 Å². The molecule has 6 heteroatoms. The summed E-state index contributed by atoms with van der Waals surface area (Å²) in [6.07, 6.45) is 4.13. The maximum atomic E-state index is 12.1. The van der Waals surface area contributed by atoms with E-state index in [1.165, 1.54) is 11.1 Å². The molecule has 3 rings (SSSR count). The fourth-order valence-corrected chi connectivity index (χ4v) is 3.23. The van der Waals surface area contributed by atoms with Gasteiger partial charge in [0, 0.05) is 32.0 Å². The third-order valence-corrected chi connectivity index (χ3v) is 4.75. The number of amidine groups is 1. The van der Waals surface area contributed by atoms with Gasteiger partial charge in [0.2, 0.25) is 5.72 Å². The summed E-state index contributed by atoms with van der Waals surface area (Å²) in [7, 11) is 0. The van der Waals surface area contributed by atoms with Crippen LogP contribution < -0.4 is 10.2 Å². The van der Waals surface area contributed by atoms with Gasteiger partial charge in [-0.25, -0.2) is 14.7 Å². The number of aliphatic imine (C=N–C) groups is 1. The van der Waals surface area contributed by atoms with Crippen molar-refractivity contribution in [3.8, 4) is 0 Å². The second-order valence-electron chi connectivity index (χ2n) is 6.20. The molecule has 0 aromatic heterocycles. The number of rotatable bonds is 5. The summed E-state index contributed by atoms with van der Waals surface area (Å²) in [5.41, 5.74) is 2.76. The summed E-state index contributed by atoms with van der Waals surface area (Å²) < 4.78 is 5.51. The van der Waals surface area contributed by atoms with Crippen molar-refractivity contribution in [3.05, 3.63) is 29.3 Å². The molecule has 0 saturated carbocycles. The van der Waals surface area contributed by atoms with E-state index in [2.05, 4.69) is 22.4 Å². The SMILES string of the molecule is CCC(=N)/N=C\C[C@@]1(CC)OC(=O)N1c1ccc2c(c1)CNCC2. The van der Waals surface area contributed by atoms with E-state index in [4.69, 9.17) is 10.1 Å². The van der Waals surface area contributed by atoms with Crippen molar-refractivity contribution in [2.45, 2.75) is 51.8 Å². The molecule has 1 atom stereocenters. The van der Waals surface area contributed by atoms with Gasteiger partial charge in [0.05, 0.1) is 5.69 Å². The Bertz CT molecular complexity index is 686. The average molecular weight is 328 g/mol. The number of ether oxygens (including phenoxy) is 1. The summed E-state index contributed by atoms with van der Waals surface area (Å²) in [4.78, 5) is 18.0. The predicted molar refractivity (Wildman–Crippen MR) is 95.0 cm³/mol. The molecule has 1 saturated heterocycles. The van der Waals surface area contributed by atoms with E-state index < -0.39 is 5.72 Å². The predicted octanol–water partition coefficient (Wildman–Crippen LogP) is 3.24. The van der Waals surface area contributed by atoms with E-state index in [1.54, 1.807) is 11.1 Å². The van der Waals surface area contributed by atoms with Gasteiger partial charge < -0.3 is 10.1 Å². The standard InChI is InChI=1S/C18H24N4O2/c1-3-16(19)21-10-8-18(4-2)22(17(23)24-18)15-6-5-13-7-9-20-12-14(13)11-15/h5-6,10-11,19-20H,3-4,7-9,12H2,1-2H3/b19-16?,21-10-/t18-/m1/s1. The molecule has 0 unspecified atom stereocenters. The van der Waals surface area contributed by atoms with Crippen molar-refractivity contribution in [2.75, 3.05) is 11.4 Å². The number of hydrogen-bond donors (Lipinski definition) is 2. The van der Waals surface area contributed by atoms with Gasteiger partial charge in [-0.2, -0.15) is 0 Å². The molecular weight excluding hydrogens is 304 g/mol. The number of nitrogens with zero attached hydrogens (tertiary/aromatic N) is 2. The summed E-state index contributed by atoms with van der Waals surface area (Å²) in [6.45, 7) is 5.72. The molecule has 0 radical (unpaired) electrons. The molecular formula is C18H24N4O2. The molecule has 1 aromatic rings. The molecule has 2 aliphatic heterocycles. The Hall–Kier alpha value is -2.21. The Labute approximate surface area is 142 Å². The lowest BCUT2D eigenvalue weighted by molar-refractivity contribution is -0.0433. The van der Waals surface area contributed by atoms with Crippen LogP contribution in [0, 0.1) is 5.41 Å². The third-order valence-electron chi connectivity index (χ3n) is 4.75. The summed E-state index contributed by atoms with van der Waals surface area (Å²) >= 11 is 0. The fraction of sp³-hybridized carbons (Fsp3) is 0.500. The molecule has 1 fully saturated rings. The van der Waals surface area contributed by atoms with Crippen molar-refractivity contribution in [3.63, 3.8) is 0 Å². The number of cyclic esters (lactones) is 1. The number of amides is 1. The first-order chi connectivity index (χ1) is 11.6. The van der Waals surface area contributed by atoms with E-state index in [0.717, 1.165) is 25.2 Å². The second-order valence-corrected chi connectivity index (χ2v) is 6.20. The maximum Gasteiger partial charge on any atom is 0.419 e. The Kier molecular flexibility index (Phi) is 4.66. The monoisotopic (exact) mass is 328 g/mol. The van der Waals surface area contributed by atoms with E-state index in [9.17, 15) is 4.79 Å². The number of fused-ring (bicyclic) bond motifs is 1. The lowest BCUT2D eigenvalue weighted by Gasteiger charge is -2.50.